The maximum Gasteiger partial charge on any atom is 0.326 e. The molecule has 5 rings (SSSR count). The van der Waals surface area contributed by atoms with Crippen LogP contribution in [0, 0.1) is 0 Å². The van der Waals surface area contributed by atoms with Crippen LogP contribution in [-0.4, -0.2) is 94.8 Å². The van der Waals surface area contributed by atoms with Crippen molar-refractivity contribution >= 4 is 41.0 Å². The minimum atomic E-state index is -1.03. The Hall–Kier alpha value is -3.66. The third kappa shape index (κ3) is 7.10. The predicted octanol–water partition coefficient (Wildman–Crippen LogP) is 7.58. The van der Waals surface area contributed by atoms with Crippen LogP contribution in [0.5, 0.6) is 5.75 Å². The van der Waals surface area contributed by atoms with Gasteiger partial charge in [0.25, 0.3) is 0 Å². The second kappa shape index (κ2) is 14.5. The van der Waals surface area contributed by atoms with Gasteiger partial charge in [-0.05, 0) is 70.0 Å². The van der Waals surface area contributed by atoms with Crippen LogP contribution >= 0.6 is 23.2 Å². The number of ether oxygens (including phenoxy) is 1. The largest absolute Gasteiger partial charge is 0.493 e. The third-order valence-corrected chi connectivity index (χ3v) is 10.8. The zero-order chi connectivity index (χ0) is 36.6. The van der Waals surface area contributed by atoms with Gasteiger partial charge in [-0.1, -0.05) is 68.2 Å². The van der Waals surface area contributed by atoms with Crippen molar-refractivity contribution in [3.63, 3.8) is 0 Å². The first kappa shape index (κ1) is 37.6. The molecule has 9 nitrogen and oxygen atoms in total. The summed E-state index contributed by atoms with van der Waals surface area (Å²) in [5, 5.41) is 1.20. The highest BCUT2D eigenvalue weighted by Crippen LogP contribution is 2.54. The number of halogens is 2. The Morgan fingerprint density at radius 1 is 0.940 bits per heavy atom. The fourth-order valence-corrected chi connectivity index (χ4v) is 6.94. The molecule has 50 heavy (non-hydrogen) atoms. The summed E-state index contributed by atoms with van der Waals surface area (Å²) < 4.78 is 6.28. The predicted molar refractivity (Wildman–Crippen MR) is 201 cm³/mol. The highest BCUT2D eigenvalue weighted by molar-refractivity contribution is 6.30. The van der Waals surface area contributed by atoms with E-state index in [-0.39, 0.29) is 23.4 Å². The van der Waals surface area contributed by atoms with E-state index in [0.717, 1.165) is 16.8 Å². The summed E-state index contributed by atoms with van der Waals surface area (Å²) in [5.41, 5.74) is 1.03. The van der Waals surface area contributed by atoms with Crippen molar-refractivity contribution in [3.05, 3.63) is 93.2 Å². The molecule has 268 valence electrons. The number of piperazine rings is 1. The zero-order valence-corrected chi connectivity index (χ0v) is 32.3. The molecular weight excluding hydrogens is 671 g/mol. The molecule has 3 aromatic rings. The van der Waals surface area contributed by atoms with Crippen LogP contribution in [0.4, 0.5) is 4.79 Å². The summed E-state index contributed by atoms with van der Waals surface area (Å²) in [4.78, 5) is 46.0. The van der Waals surface area contributed by atoms with Gasteiger partial charge in [0, 0.05) is 72.7 Å². The number of hydrogen-bond donors (Lipinski definition) is 0. The van der Waals surface area contributed by atoms with Crippen molar-refractivity contribution in [1.82, 2.24) is 24.6 Å². The Balaban J connectivity index is 1.65. The topological polar surface area (TPSA) is 81.6 Å². The highest BCUT2D eigenvalue weighted by Gasteiger charge is 2.60. The zero-order valence-electron chi connectivity index (χ0n) is 30.8. The lowest BCUT2D eigenvalue weighted by atomic mass is 9.71. The molecule has 0 radical (unpaired) electrons. The SMILES string of the molecule is CCOc1cc(C(C)(C)C)ncc1C1=N[C@@](C)(c2ccc(Cl)cc2)[C@@](C)(c2ccc(Cl)cc2)N1C(=O)N1CCN(CC(=O)N(C)C(C)C)CC1. The van der Waals surface area contributed by atoms with E-state index >= 15 is 4.79 Å². The Labute approximate surface area is 307 Å². The van der Waals surface area contributed by atoms with Crippen LogP contribution in [0.1, 0.15) is 77.8 Å². The van der Waals surface area contributed by atoms with E-state index < -0.39 is 11.1 Å². The number of carbonyl (C=O) groups is 2. The molecule has 2 aliphatic rings. The van der Waals surface area contributed by atoms with Crippen LogP contribution in [0.15, 0.2) is 65.8 Å². The van der Waals surface area contributed by atoms with Crippen molar-refractivity contribution in [2.45, 2.75) is 77.9 Å². The van der Waals surface area contributed by atoms with E-state index in [1.165, 1.54) is 0 Å². The number of pyridine rings is 1. The first-order valence-corrected chi connectivity index (χ1v) is 18.1. The van der Waals surface area contributed by atoms with Gasteiger partial charge >= 0.3 is 6.03 Å². The Morgan fingerprint density at radius 3 is 2.02 bits per heavy atom. The molecule has 2 aromatic carbocycles. The normalized spacial score (nSPS) is 21.4. The maximum atomic E-state index is 15.2. The number of aliphatic imine (C=N–C) groups is 1. The molecule has 1 aromatic heterocycles. The van der Waals surface area contributed by atoms with Crippen LogP contribution in [-0.2, 0) is 21.3 Å². The van der Waals surface area contributed by atoms with Gasteiger partial charge < -0.3 is 14.5 Å². The molecule has 1 saturated heterocycles. The molecule has 2 aliphatic heterocycles. The Kier molecular flexibility index (Phi) is 10.9. The van der Waals surface area contributed by atoms with Crippen LogP contribution in [0.25, 0.3) is 0 Å². The number of amidine groups is 1. The molecule has 0 bridgehead atoms. The van der Waals surface area contributed by atoms with Crippen LogP contribution < -0.4 is 4.74 Å². The number of aromatic nitrogens is 1. The smallest absolute Gasteiger partial charge is 0.326 e. The summed E-state index contributed by atoms with van der Waals surface area (Å²) >= 11 is 12.8. The fourth-order valence-electron chi connectivity index (χ4n) is 6.69. The number of urea groups is 1. The molecule has 0 saturated carbocycles. The quantitative estimate of drug-likeness (QED) is 0.240. The summed E-state index contributed by atoms with van der Waals surface area (Å²) in [6.07, 6.45) is 1.79. The molecule has 11 heteroatoms. The van der Waals surface area contributed by atoms with E-state index in [2.05, 4.69) is 39.5 Å². The summed E-state index contributed by atoms with van der Waals surface area (Å²) in [6.45, 7) is 19.2. The second-order valence-electron chi connectivity index (χ2n) is 14.8. The van der Waals surface area contributed by atoms with E-state index in [0.29, 0.717) is 66.5 Å². The van der Waals surface area contributed by atoms with Crippen LogP contribution in [0.3, 0.4) is 0 Å². The third-order valence-electron chi connectivity index (χ3n) is 10.3. The number of hydrogen-bond acceptors (Lipinski definition) is 6. The number of rotatable bonds is 8. The molecular formula is C39H50Cl2N6O3. The number of benzene rings is 2. The molecule has 2 atom stereocenters. The minimum Gasteiger partial charge on any atom is -0.493 e. The van der Waals surface area contributed by atoms with Gasteiger partial charge in [0.15, 0.2) is 0 Å². The standard InChI is InChI=1S/C39H50Cl2N6O3/c1-10-50-32-23-33(37(4,5)6)42-24-31(32)35-43-38(7,27-11-15-29(40)16-12-27)39(8,28-13-17-30(41)18-14-28)47(35)36(49)46-21-19-45(20-22-46)25-34(48)44(9)26(2)3/h11-18,23-24,26H,10,19-22,25H2,1-9H3/t38-,39+/m0/s1. The molecule has 3 heterocycles. The number of nitrogens with zero attached hydrogens (tertiary/aromatic N) is 6. The van der Waals surface area contributed by atoms with Gasteiger partial charge in [0.2, 0.25) is 5.91 Å². The lowest BCUT2D eigenvalue weighted by molar-refractivity contribution is -0.132. The average Bonchev–Trinajstić information content (AvgIpc) is 3.32. The maximum absolute atomic E-state index is 15.2. The number of likely N-dealkylation sites (N-methyl/N-ethyl adjacent to an activating group) is 1. The molecule has 0 N–H and O–H groups in total. The van der Waals surface area contributed by atoms with Crippen molar-refractivity contribution in [2.24, 2.45) is 4.99 Å². The molecule has 0 aliphatic carbocycles. The van der Waals surface area contributed by atoms with Gasteiger partial charge in [-0.25, -0.2) is 4.79 Å². The summed E-state index contributed by atoms with van der Waals surface area (Å²) in [6, 6.07) is 17.2. The van der Waals surface area contributed by atoms with Crippen molar-refractivity contribution in [1.29, 1.82) is 0 Å². The van der Waals surface area contributed by atoms with Gasteiger partial charge in [-0.15, -0.1) is 0 Å². The van der Waals surface area contributed by atoms with Crippen molar-refractivity contribution in [2.75, 3.05) is 46.4 Å². The molecule has 0 spiro atoms. The summed E-state index contributed by atoms with van der Waals surface area (Å²) in [7, 11) is 1.83. The van der Waals surface area contributed by atoms with E-state index in [1.54, 1.807) is 11.1 Å². The number of amides is 3. The molecule has 0 unspecified atom stereocenters. The minimum absolute atomic E-state index is 0.0671. The monoisotopic (exact) mass is 720 g/mol. The van der Waals surface area contributed by atoms with Gasteiger partial charge in [0.05, 0.1) is 18.7 Å². The lowest BCUT2D eigenvalue weighted by Gasteiger charge is -2.47. The van der Waals surface area contributed by atoms with Crippen LogP contribution in [0.2, 0.25) is 10.0 Å². The Bertz CT molecular complexity index is 1730. The van der Waals surface area contributed by atoms with Crippen molar-refractivity contribution in [3.8, 4) is 5.75 Å². The lowest BCUT2D eigenvalue weighted by Crippen LogP contribution is -2.61. The second-order valence-corrected chi connectivity index (χ2v) is 15.7. The van der Waals surface area contributed by atoms with Gasteiger partial charge in [-0.2, -0.15) is 0 Å². The summed E-state index contributed by atoms with van der Waals surface area (Å²) in [5.74, 6) is 1.15. The van der Waals surface area contributed by atoms with E-state index in [4.69, 9.17) is 37.9 Å². The number of carbonyl (C=O) groups excluding carboxylic acids is 2. The first-order valence-electron chi connectivity index (χ1n) is 17.3. The Morgan fingerprint density at radius 2 is 1.50 bits per heavy atom. The van der Waals surface area contributed by atoms with Gasteiger partial charge in [-0.3, -0.25) is 24.6 Å². The van der Waals surface area contributed by atoms with Crippen molar-refractivity contribution < 1.29 is 14.3 Å². The fraction of sp³-hybridized carbons (Fsp3) is 0.487. The molecule has 3 amide bonds. The first-order chi connectivity index (χ1) is 23.5. The average molecular weight is 722 g/mol. The van der Waals surface area contributed by atoms with E-state index in [9.17, 15) is 4.79 Å². The van der Waals surface area contributed by atoms with Gasteiger partial charge in [0.1, 0.15) is 22.7 Å². The van der Waals surface area contributed by atoms with E-state index in [1.807, 2.05) is 92.2 Å². The molecule has 1 fully saturated rings. The highest BCUT2D eigenvalue weighted by atomic mass is 35.5.